The van der Waals surface area contributed by atoms with Gasteiger partial charge in [0.05, 0.1) is 12.6 Å². The van der Waals surface area contributed by atoms with Crippen molar-refractivity contribution in [3.8, 4) is 6.07 Å². The molecule has 1 fully saturated rings. The monoisotopic (exact) mass is 174 g/mol. The normalized spacial score (nSPS) is 23.9. The molecule has 0 spiro atoms. The number of hydrogen-bond acceptors (Lipinski definition) is 2. The van der Waals surface area contributed by atoms with Crippen LogP contribution in [0.4, 0.5) is 8.78 Å². The Morgan fingerprint density at radius 1 is 1.50 bits per heavy atom. The van der Waals surface area contributed by atoms with E-state index in [2.05, 4.69) is 0 Å². The molecule has 0 radical (unpaired) electrons. The number of rotatable bonds is 1. The van der Waals surface area contributed by atoms with Gasteiger partial charge in [0.15, 0.2) is 0 Å². The van der Waals surface area contributed by atoms with Crippen molar-refractivity contribution in [2.45, 2.75) is 31.7 Å². The van der Waals surface area contributed by atoms with Gasteiger partial charge in [-0.3, -0.25) is 4.90 Å². The highest BCUT2D eigenvalue weighted by atomic mass is 19.3. The van der Waals surface area contributed by atoms with E-state index in [9.17, 15) is 8.78 Å². The maximum Gasteiger partial charge on any atom is 0.261 e. The number of alkyl halides is 2. The molecule has 0 saturated carbocycles. The van der Waals surface area contributed by atoms with E-state index in [0.29, 0.717) is 6.54 Å². The minimum atomic E-state index is -2.60. The van der Waals surface area contributed by atoms with Crippen LogP contribution < -0.4 is 0 Å². The molecule has 0 atom stereocenters. The minimum absolute atomic E-state index is 0.127. The van der Waals surface area contributed by atoms with E-state index >= 15 is 0 Å². The van der Waals surface area contributed by atoms with Gasteiger partial charge in [-0.05, 0) is 13.8 Å². The minimum Gasteiger partial charge on any atom is -0.280 e. The van der Waals surface area contributed by atoms with Crippen LogP contribution >= 0.6 is 0 Å². The highest BCUT2D eigenvalue weighted by Crippen LogP contribution is 2.31. The smallest absolute Gasteiger partial charge is 0.261 e. The molecular weight excluding hydrogens is 162 g/mol. The third kappa shape index (κ3) is 1.72. The van der Waals surface area contributed by atoms with E-state index in [1.807, 2.05) is 6.07 Å². The van der Waals surface area contributed by atoms with Crippen molar-refractivity contribution in [2.24, 2.45) is 0 Å². The zero-order valence-corrected chi connectivity index (χ0v) is 7.27. The molecule has 0 unspecified atom stereocenters. The molecule has 1 saturated heterocycles. The van der Waals surface area contributed by atoms with Crippen LogP contribution in [0.5, 0.6) is 0 Å². The number of nitriles is 1. The Balaban J connectivity index is 2.66. The summed E-state index contributed by atoms with van der Waals surface area (Å²) in [7, 11) is 0. The Labute approximate surface area is 70.8 Å². The second-order valence-electron chi connectivity index (χ2n) is 3.70. The average molecular weight is 174 g/mol. The summed E-state index contributed by atoms with van der Waals surface area (Å²) in [6, 6.07) is 2.01. The Morgan fingerprint density at radius 3 is 2.42 bits per heavy atom. The zero-order chi connectivity index (χ0) is 9.41. The van der Waals surface area contributed by atoms with E-state index in [4.69, 9.17) is 5.26 Å². The van der Waals surface area contributed by atoms with Crippen LogP contribution in [0.3, 0.4) is 0 Å². The van der Waals surface area contributed by atoms with Gasteiger partial charge in [-0.1, -0.05) is 0 Å². The lowest BCUT2D eigenvalue weighted by atomic mass is 10.1. The predicted molar refractivity (Wildman–Crippen MR) is 40.8 cm³/mol. The van der Waals surface area contributed by atoms with Gasteiger partial charge in [0.25, 0.3) is 5.92 Å². The summed E-state index contributed by atoms with van der Waals surface area (Å²) in [4.78, 5) is 1.52. The summed E-state index contributed by atoms with van der Waals surface area (Å²) in [5.74, 6) is -2.60. The molecule has 0 bridgehead atoms. The van der Waals surface area contributed by atoms with E-state index < -0.39 is 11.5 Å². The molecule has 0 amide bonds. The maximum atomic E-state index is 12.7. The lowest BCUT2D eigenvalue weighted by Crippen LogP contribution is -2.42. The van der Waals surface area contributed by atoms with Crippen molar-refractivity contribution in [1.82, 2.24) is 4.90 Å². The largest absolute Gasteiger partial charge is 0.280 e. The van der Waals surface area contributed by atoms with Crippen LogP contribution in [-0.2, 0) is 0 Å². The van der Waals surface area contributed by atoms with Gasteiger partial charge in [0.1, 0.15) is 5.54 Å². The van der Waals surface area contributed by atoms with E-state index in [0.717, 1.165) is 0 Å². The fourth-order valence-corrected chi connectivity index (χ4v) is 1.28. The molecule has 2 nitrogen and oxygen atoms in total. The summed E-state index contributed by atoms with van der Waals surface area (Å²) < 4.78 is 25.4. The molecule has 0 aromatic carbocycles. The Kier molecular flexibility index (Phi) is 2.09. The first-order valence-electron chi connectivity index (χ1n) is 3.91. The van der Waals surface area contributed by atoms with E-state index in [1.165, 1.54) is 4.90 Å². The highest BCUT2D eigenvalue weighted by Gasteiger charge is 2.43. The molecule has 68 valence electrons. The summed E-state index contributed by atoms with van der Waals surface area (Å²) in [5, 5.41) is 8.69. The first-order chi connectivity index (χ1) is 5.37. The van der Waals surface area contributed by atoms with Crippen molar-refractivity contribution in [2.75, 3.05) is 13.1 Å². The summed E-state index contributed by atoms with van der Waals surface area (Å²) in [5.41, 5.74) is -0.764. The van der Waals surface area contributed by atoms with Crippen LogP contribution in [0.2, 0.25) is 0 Å². The molecule has 1 rings (SSSR count). The molecule has 1 aliphatic rings. The van der Waals surface area contributed by atoms with Gasteiger partial charge >= 0.3 is 0 Å². The highest BCUT2D eigenvalue weighted by molar-refractivity contribution is 5.04. The van der Waals surface area contributed by atoms with Gasteiger partial charge in [-0.25, -0.2) is 8.78 Å². The number of likely N-dealkylation sites (tertiary alicyclic amines) is 1. The number of nitrogens with zero attached hydrogens (tertiary/aromatic N) is 2. The third-order valence-electron chi connectivity index (χ3n) is 2.23. The zero-order valence-electron chi connectivity index (χ0n) is 7.27. The second-order valence-corrected chi connectivity index (χ2v) is 3.70. The first kappa shape index (κ1) is 9.40. The average Bonchev–Trinajstić information content (AvgIpc) is 2.31. The molecule has 12 heavy (non-hydrogen) atoms. The van der Waals surface area contributed by atoms with Gasteiger partial charge in [-0.15, -0.1) is 0 Å². The molecule has 1 aliphatic heterocycles. The van der Waals surface area contributed by atoms with Crippen molar-refractivity contribution >= 4 is 0 Å². The van der Waals surface area contributed by atoms with Gasteiger partial charge in [-0.2, -0.15) is 5.26 Å². The topological polar surface area (TPSA) is 27.0 Å². The molecule has 0 aromatic heterocycles. The lowest BCUT2D eigenvalue weighted by molar-refractivity contribution is 0.00496. The van der Waals surface area contributed by atoms with E-state index in [1.54, 1.807) is 13.8 Å². The van der Waals surface area contributed by atoms with Crippen molar-refractivity contribution in [1.29, 1.82) is 5.26 Å². The Morgan fingerprint density at radius 2 is 2.08 bits per heavy atom. The quantitative estimate of drug-likeness (QED) is 0.604. The molecule has 4 heteroatoms. The molecule has 0 N–H and O–H groups in total. The number of hydrogen-bond donors (Lipinski definition) is 0. The van der Waals surface area contributed by atoms with Gasteiger partial charge in [0, 0.05) is 13.0 Å². The molecule has 0 aliphatic carbocycles. The summed E-state index contributed by atoms with van der Waals surface area (Å²) in [6.45, 7) is 3.35. The van der Waals surface area contributed by atoms with Crippen molar-refractivity contribution in [3.63, 3.8) is 0 Å². The van der Waals surface area contributed by atoms with Crippen LogP contribution in [0.1, 0.15) is 20.3 Å². The van der Waals surface area contributed by atoms with Crippen LogP contribution in [-0.4, -0.2) is 29.5 Å². The first-order valence-corrected chi connectivity index (χ1v) is 3.91. The lowest BCUT2D eigenvalue weighted by Gasteiger charge is -2.28. The van der Waals surface area contributed by atoms with E-state index in [-0.39, 0.29) is 13.0 Å². The van der Waals surface area contributed by atoms with Crippen LogP contribution in [0.25, 0.3) is 0 Å². The van der Waals surface area contributed by atoms with Crippen LogP contribution in [0.15, 0.2) is 0 Å². The second kappa shape index (κ2) is 2.67. The van der Waals surface area contributed by atoms with Crippen molar-refractivity contribution in [3.05, 3.63) is 0 Å². The summed E-state index contributed by atoms with van der Waals surface area (Å²) in [6.07, 6.45) is -0.127. The van der Waals surface area contributed by atoms with Gasteiger partial charge in [0.2, 0.25) is 0 Å². The Hall–Kier alpha value is -0.690. The number of halogens is 2. The van der Waals surface area contributed by atoms with Crippen LogP contribution in [0, 0.1) is 11.3 Å². The molecule has 0 aromatic rings. The SMILES string of the molecule is CC(C)(C#N)N1CCC(F)(F)C1. The third-order valence-corrected chi connectivity index (χ3v) is 2.23. The standard InChI is InChI=1S/C8H12F2N2/c1-7(2,5-11)12-4-3-8(9,10)6-12/h3-4,6H2,1-2H3. The Bertz CT molecular complexity index is 218. The summed E-state index contributed by atoms with van der Waals surface area (Å²) >= 11 is 0. The van der Waals surface area contributed by atoms with Gasteiger partial charge < -0.3 is 0 Å². The molecular formula is C8H12F2N2. The fourth-order valence-electron chi connectivity index (χ4n) is 1.28. The van der Waals surface area contributed by atoms with Crippen molar-refractivity contribution < 1.29 is 8.78 Å². The molecule has 1 heterocycles. The fraction of sp³-hybridized carbons (Fsp3) is 0.875. The maximum absolute atomic E-state index is 12.7. The predicted octanol–water partition coefficient (Wildman–Crippen LogP) is 1.63.